The van der Waals surface area contributed by atoms with E-state index in [1.54, 1.807) is 0 Å². The van der Waals surface area contributed by atoms with Crippen molar-refractivity contribution < 1.29 is 4.57 Å². The van der Waals surface area contributed by atoms with Crippen LogP contribution in [0.25, 0.3) is 0 Å². The number of rotatable bonds is 19. The summed E-state index contributed by atoms with van der Waals surface area (Å²) in [5.41, 5.74) is 2.83. The molecule has 0 bridgehead atoms. The summed E-state index contributed by atoms with van der Waals surface area (Å²) >= 11 is 0. The molecule has 35 heavy (non-hydrogen) atoms. The first-order valence-electron chi connectivity index (χ1n) is 14.5. The third kappa shape index (κ3) is 11.3. The summed E-state index contributed by atoms with van der Waals surface area (Å²) in [5, 5.41) is 0. The number of hydrogen-bond acceptors (Lipinski definition) is 0. The lowest BCUT2D eigenvalue weighted by Crippen LogP contribution is -2.35. The van der Waals surface area contributed by atoms with Crippen molar-refractivity contribution in [1.29, 1.82) is 0 Å². The molecule has 0 spiro atoms. The van der Waals surface area contributed by atoms with Gasteiger partial charge >= 0.3 is 0 Å². The molecule has 1 aromatic heterocycles. The van der Waals surface area contributed by atoms with Gasteiger partial charge in [0.2, 0.25) is 6.33 Å². The lowest BCUT2D eigenvalue weighted by Gasteiger charge is -2.15. The Kier molecular flexibility index (Phi) is 13.3. The van der Waals surface area contributed by atoms with Crippen molar-refractivity contribution in [2.24, 2.45) is 0 Å². The topological polar surface area (TPSA) is 8.81 Å². The minimum absolute atomic E-state index is 0.482. The normalized spacial score (nSPS) is 12.1. The predicted molar refractivity (Wildman–Crippen MR) is 150 cm³/mol. The summed E-state index contributed by atoms with van der Waals surface area (Å²) in [6.45, 7) is 4.45. The van der Waals surface area contributed by atoms with Crippen molar-refractivity contribution in [2.75, 3.05) is 0 Å². The van der Waals surface area contributed by atoms with Crippen molar-refractivity contribution in [3.05, 3.63) is 90.5 Å². The highest BCUT2D eigenvalue weighted by Gasteiger charge is 2.16. The average Bonchev–Trinajstić information content (AvgIpc) is 3.35. The smallest absolute Gasteiger partial charge is 0.237 e. The third-order valence-electron chi connectivity index (χ3n) is 7.29. The Bertz CT molecular complexity index is 884. The van der Waals surface area contributed by atoms with Gasteiger partial charge in [0, 0.05) is 5.92 Å². The standard InChI is InChI=1S/C33H49N2/c1-2-3-4-5-6-7-8-9-10-11-12-13-20-25-34-26-27-35(30-34)29-33(32-23-18-15-19-24-32)28-31-21-16-14-17-22-31/h14-19,21-24,26-27,30,33H,2-13,20,25,28-29H2,1H3/q+1. The van der Waals surface area contributed by atoms with Gasteiger partial charge in [-0.3, -0.25) is 0 Å². The van der Waals surface area contributed by atoms with Gasteiger partial charge < -0.3 is 0 Å². The van der Waals surface area contributed by atoms with Gasteiger partial charge in [0.25, 0.3) is 0 Å². The van der Waals surface area contributed by atoms with Crippen LogP contribution >= 0.6 is 0 Å². The van der Waals surface area contributed by atoms with E-state index >= 15 is 0 Å². The van der Waals surface area contributed by atoms with Crippen LogP contribution in [0.1, 0.15) is 107 Å². The second-order valence-corrected chi connectivity index (χ2v) is 10.4. The zero-order valence-electron chi connectivity index (χ0n) is 22.3. The third-order valence-corrected chi connectivity index (χ3v) is 7.29. The maximum absolute atomic E-state index is 2.38. The van der Waals surface area contributed by atoms with Gasteiger partial charge in [-0.05, 0) is 30.4 Å². The molecule has 0 amide bonds. The number of imidazole rings is 1. The molecule has 1 unspecified atom stereocenters. The highest BCUT2D eigenvalue weighted by molar-refractivity contribution is 5.23. The molecule has 190 valence electrons. The van der Waals surface area contributed by atoms with Crippen molar-refractivity contribution in [2.45, 2.75) is 116 Å². The first-order chi connectivity index (χ1) is 17.3. The SMILES string of the molecule is CCCCCCCCCCCCCCCn1cc[n+](CC(Cc2ccccc2)c2ccccc2)c1. The van der Waals surface area contributed by atoms with Crippen LogP contribution in [0.3, 0.4) is 0 Å². The second kappa shape index (κ2) is 17.1. The molecule has 2 nitrogen and oxygen atoms in total. The second-order valence-electron chi connectivity index (χ2n) is 10.4. The molecular formula is C33H49N2+. The van der Waals surface area contributed by atoms with Gasteiger partial charge in [0.1, 0.15) is 12.4 Å². The quantitative estimate of drug-likeness (QED) is 0.121. The monoisotopic (exact) mass is 473 g/mol. The Labute approximate surface area is 215 Å². The summed E-state index contributed by atoms with van der Waals surface area (Å²) < 4.78 is 4.76. The molecule has 2 aromatic carbocycles. The molecule has 0 N–H and O–H groups in total. The maximum Gasteiger partial charge on any atom is 0.243 e. The number of benzene rings is 2. The summed E-state index contributed by atoms with van der Waals surface area (Å²) in [7, 11) is 0. The van der Waals surface area contributed by atoms with E-state index in [-0.39, 0.29) is 0 Å². The molecule has 0 saturated carbocycles. The van der Waals surface area contributed by atoms with E-state index in [9.17, 15) is 0 Å². The minimum Gasteiger partial charge on any atom is -0.237 e. The molecule has 0 fully saturated rings. The molecule has 3 rings (SSSR count). The van der Waals surface area contributed by atoms with Gasteiger partial charge in [-0.25, -0.2) is 9.13 Å². The highest BCUT2D eigenvalue weighted by Crippen LogP contribution is 2.21. The van der Waals surface area contributed by atoms with E-state index in [0.717, 1.165) is 19.5 Å². The van der Waals surface area contributed by atoms with Crippen molar-refractivity contribution in [3.8, 4) is 0 Å². The lowest BCUT2D eigenvalue weighted by atomic mass is 9.92. The van der Waals surface area contributed by atoms with Gasteiger partial charge in [-0.15, -0.1) is 0 Å². The van der Waals surface area contributed by atoms with E-state index in [1.807, 2.05) is 0 Å². The van der Waals surface area contributed by atoms with Crippen LogP contribution in [-0.2, 0) is 19.5 Å². The lowest BCUT2D eigenvalue weighted by molar-refractivity contribution is -0.699. The van der Waals surface area contributed by atoms with E-state index in [1.165, 1.54) is 94.6 Å². The molecule has 2 heteroatoms. The Morgan fingerprint density at radius 2 is 1.20 bits per heavy atom. The van der Waals surface area contributed by atoms with E-state index in [2.05, 4.69) is 95.4 Å². The number of aromatic nitrogens is 2. The first kappa shape index (κ1) is 27.2. The molecule has 0 aliphatic heterocycles. The van der Waals surface area contributed by atoms with Crippen molar-refractivity contribution in [1.82, 2.24) is 4.57 Å². The van der Waals surface area contributed by atoms with Crippen LogP contribution in [0.5, 0.6) is 0 Å². The number of aryl methyl sites for hydroxylation is 1. The van der Waals surface area contributed by atoms with Gasteiger partial charge in [0.05, 0.1) is 13.1 Å². The molecule has 0 aliphatic carbocycles. The highest BCUT2D eigenvalue weighted by atomic mass is 15.1. The Balaban J connectivity index is 1.31. The van der Waals surface area contributed by atoms with E-state index < -0.39 is 0 Å². The van der Waals surface area contributed by atoms with Crippen LogP contribution in [-0.4, -0.2) is 4.57 Å². The van der Waals surface area contributed by atoms with Crippen LogP contribution in [0.4, 0.5) is 0 Å². The van der Waals surface area contributed by atoms with Crippen molar-refractivity contribution >= 4 is 0 Å². The summed E-state index contributed by atoms with van der Waals surface area (Å²) in [5.74, 6) is 0.482. The molecule has 1 heterocycles. The molecular weight excluding hydrogens is 424 g/mol. The Hall–Kier alpha value is -2.35. The fraction of sp³-hybridized carbons (Fsp3) is 0.545. The molecule has 0 saturated heterocycles. The van der Waals surface area contributed by atoms with E-state index in [4.69, 9.17) is 0 Å². The van der Waals surface area contributed by atoms with Crippen LogP contribution in [0.2, 0.25) is 0 Å². The Morgan fingerprint density at radius 3 is 1.80 bits per heavy atom. The van der Waals surface area contributed by atoms with Gasteiger partial charge in [0.15, 0.2) is 0 Å². The van der Waals surface area contributed by atoms with Gasteiger partial charge in [-0.1, -0.05) is 138 Å². The minimum atomic E-state index is 0.482. The molecule has 0 radical (unpaired) electrons. The molecule has 0 aliphatic rings. The predicted octanol–water partition coefficient (Wildman–Crippen LogP) is 8.89. The number of nitrogens with zero attached hydrogens (tertiary/aromatic N) is 2. The fourth-order valence-electron chi connectivity index (χ4n) is 5.16. The summed E-state index contributed by atoms with van der Waals surface area (Å²) in [6, 6.07) is 21.9. The number of hydrogen-bond donors (Lipinski definition) is 0. The molecule has 1 atom stereocenters. The van der Waals surface area contributed by atoms with Crippen molar-refractivity contribution in [3.63, 3.8) is 0 Å². The Morgan fingerprint density at radius 1 is 0.657 bits per heavy atom. The fourth-order valence-corrected chi connectivity index (χ4v) is 5.16. The van der Waals surface area contributed by atoms with E-state index in [0.29, 0.717) is 5.92 Å². The zero-order chi connectivity index (χ0) is 24.4. The van der Waals surface area contributed by atoms with Crippen LogP contribution in [0.15, 0.2) is 79.4 Å². The summed E-state index contributed by atoms with van der Waals surface area (Å²) in [6.07, 6.45) is 26.2. The van der Waals surface area contributed by atoms with Crippen LogP contribution < -0.4 is 4.57 Å². The molecule has 3 aromatic rings. The summed E-state index contributed by atoms with van der Waals surface area (Å²) in [4.78, 5) is 0. The van der Waals surface area contributed by atoms with Crippen LogP contribution in [0, 0.1) is 0 Å². The first-order valence-corrected chi connectivity index (χ1v) is 14.5. The average molecular weight is 474 g/mol. The largest absolute Gasteiger partial charge is 0.243 e. The zero-order valence-corrected chi connectivity index (χ0v) is 22.3. The van der Waals surface area contributed by atoms with Gasteiger partial charge in [-0.2, -0.15) is 0 Å². The maximum atomic E-state index is 2.38. The number of unbranched alkanes of at least 4 members (excludes halogenated alkanes) is 12.